The second-order valence-corrected chi connectivity index (χ2v) is 8.14. The number of piperidine rings is 1. The number of carbonyl (C=O) groups excluding carboxylic acids is 1. The van der Waals surface area contributed by atoms with Crippen LogP contribution in [0.5, 0.6) is 0 Å². The first-order chi connectivity index (χ1) is 14.0. The van der Waals surface area contributed by atoms with E-state index in [9.17, 15) is 4.79 Å². The normalized spacial score (nSPS) is 15.7. The summed E-state index contributed by atoms with van der Waals surface area (Å²) in [5.41, 5.74) is 3.11. The average molecular weight is 413 g/mol. The molecule has 8 heteroatoms. The molecule has 2 aromatic heterocycles. The number of fused-ring (bicyclic) bond motifs is 1. The van der Waals surface area contributed by atoms with Crippen LogP contribution in [-0.4, -0.2) is 49.5 Å². The van der Waals surface area contributed by atoms with E-state index in [0.717, 1.165) is 48.9 Å². The van der Waals surface area contributed by atoms with E-state index in [4.69, 9.17) is 11.6 Å². The van der Waals surface area contributed by atoms with Gasteiger partial charge in [0.05, 0.1) is 6.42 Å². The molecule has 1 fully saturated rings. The fourth-order valence-electron chi connectivity index (χ4n) is 3.79. The maximum atomic E-state index is 12.5. The number of benzene rings is 1. The number of carbonyl (C=O) groups is 1. The zero-order chi connectivity index (χ0) is 20.4. The predicted octanol–water partition coefficient (Wildman–Crippen LogP) is 2.72. The van der Waals surface area contributed by atoms with E-state index in [1.54, 1.807) is 4.52 Å². The molecular formula is C21H25ClN6O. The molecule has 3 aromatic rings. The van der Waals surface area contributed by atoms with Gasteiger partial charge >= 0.3 is 0 Å². The van der Waals surface area contributed by atoms with Crippen molar-refractivity contribution in [2.75, 3.05) is 13.1 Å². The fourth-order valence-corrected chi connectivity index (χ4v) is 3.91. The Morgan fingerprint density at radius 3 is 2.62 bits per heavy atom. The first-order valence-electron chi connectivity index (χ1n) is 9.92. The van der Waals surface area contributed by atoms with E-state index < -0.39 is 0 Å². The van der Waals surface area contributed by atoms with Gasteiger partial charge in [0.25, 0.3) is 5.78 Å². The van der Waals surface area contributed by atoms with Crippen molar-refractivity contribution in [3.63, 3.8) is 0 Å². The third-order valence-electron chi connectivity index (χ3n) is 5.25. The van der Waals surface area contributed by atoms with Crippen molar-refractivity contribution in [2.45, 2.75) is 45.7 Å². The van der Waals surface area contributed by atoms with Gasteiger partial charge in [0, 0.05) is 42.1 Å². The lowest BCUT2D eigenvalue weighted by molar-refractivity contribution is -0.121. The Kier molecular flexibility index (Phi) is 5.78. The first kappa shape index (κ1) is 19.8. The molecule has 1 amide bonds. The minimum absolute atomic E-state index is 0.0357. The fraction of sp³-hybridized carbons (Fsp3) is 0.429. The number of nitrogens with one attached hydrogen (secondary N) is 1. The van der Waals surface area contributed by atoms with E-state index in [1.165, 1.54) is 5.56 Å². The van der Waals surface area contributed by atoms with Gasteiger partial charge in [0.15, 0.2) is 5.82 Å². The highest BCUT2D eigenvalue weighted by Crippen LogP contribution is 2.16. The summed E-state index contributed by atoms with van der Waals surface area (Å²) in [6.45, 7) is 6.71. The quantitative estimate of drug-likeness (QED) is 0.697. The number of hydrogen-bond acceptors (Lipinski definition) is 5. The van der Waals surface area contributed by atoms with Gasteiger partial charge < -0.3 is 5.32 Å². The lowest BCUT2D eigenvalue weighted by Crippen LogP contribution is -2.44. The largest absolute Gasteiger partial charge is 0.353 e. The summed E-state index contributed by atoms with van der Waals surface area (Å²) in [7, 11) is 0. The number of nitrogens with zero attached hydrogens (tertiary/aromatic N) is 5. The van der Waals surface area contributed by atoms with Crippen molar-refractivity contribution in [1.82, 2.24) is 29.8 Å². The molecule has 1 aromatic carbocycles. The molecule has 0 spiro atoms. The SMILES string of the molecule is Cc1cc(C)n2nc(CC(=O)NC3CCN(Cc4ccc(Cl)cc4)CC3)nc2n1. The zero-order valence-electron chi connectivity index (χ0n) is 16.7. The summed E-state index contributed by atoms with van der Waals surface area (Å²) >= 11 is 5.95. The number of likely N-dealkylation sites (tertiary alicyclic amines) is 1. The molecule has 0 bridgehead atoms. The van der Waals surface area contributed by atoms with Crippen molar-refractivity contribution in [3.05, 3.63) is 58.1 Å². The van der Waals surface area contributed by atoms with Crippen LogP contribution in [0, 0.1) is 13.8 Å². The van der Waals surface area contributed by atoms with Crippen LogP contribution >= 0.6 is 11.6 Å². The third-order valence-corrected chi connectivity index (χ3v) is 5.50. The summed E-state index contributed by atoms with van der Waals surface area (Å²) in [5.74, 6) is 1.01. The second kappa shape index (κ2) is 8.47. The molecule has 1 N–H and O–H groups in total. The standard InChI is InChI=1S/C21H25ClN6O/c1-14-11-15(2)28-21(23-14)25-19(26-28)12-20(29)24-18-7-9-27(10-8-18)13-16-3-5-17(22)6-4-16/h3-6,11,18H,7-10,12-13H2,1-2H3,(H,24,29). The molecule has 4 rings (SSSR count). The predicted molar refractivity (Wildman–Crippen MR) is 112 cm³/mol. The molecule has 0 aliphatic carbocycles. The van der Waals surface area contributed by atoms with Crippen LogP contribution < -0.4 is 5.32 Å². The highest BCUT2D eigenvalue weighted by molar-refractivity contribution is 6.30. The van der Waals surface area contributed by atoms with Gasteiger partial charge in [-0.05, 0) is 50.5 Å². The first-order valence-corrected chi connectivity index (χ1v) is 10.3. The number of rotatable bonds is 5. The summed E-state index contributed by atoms with van der Waals surface area (Å²) in [6, 6.07) is 10.1. The van der Waals surface area contributed by atoms with Crippen molar-refractivity contribution < 1.29 is 4.79 Å². The number of halogens is 1. The van der Waals surface area contributed by atoms with Gasteiger partial charge in [-0.15, -0.1) is 5.10 Å². The molecule has 29 heavy (non-hydrogen) atoms. The minimum Gasteiger partial charge on any atom is -0.353 e. The highest BCUT2D eigenvalue weighted by atomic mass is 35.5. The van der Waals surface area contributed by atoms with Crippen LogP contribution in [0.25, 0.3) is 5.78 Å². The molecule has 3 heterocycles. The molecule has 152 valence electrons. The molecule has 0 saturated carbocycles. The van der Waals surface area contributed by atoms with Crippen LogP contribution in [-0.2, 0) is 17.8 Å². The molecule has 0 atom stereocenters. The topological polar surface area (TPSA) is 75.4 Å². The Balaban J connectivity index is 1.27. The van der Waals surface area contributed by atoms with Gasteiger partial charge in [-0.25, -0.2) is 9.50 Å². The summed E-state index contributed by atoms with van der Waals surface area (Å²) in [6.07, 6.45) is 2.06. The van der Waals surface area contributed by atoms with Crippen molar-refractivity contribution in [1.29, 1.82) is 0 Å². The molecule has 0 unspecified atom stereocenters. The maximum Gasteiger partial charge on any atom is 0.252 e. The monoisotopic (exact) mass is 412 g/mol. The Morgan fingerprint density at radius 2 is 1.90 bits per heavy atom. The smallest absolute Gasteiger partial charge is 0.252 e. The van der Waals surface area contributed by atoms with Crippen molar-refractivity contribution in [3.8, 4) is 0 Å². The number of hydrogen-bond donors (Lipinski definition) is 1. The lowest BCUT2D eigenvalue weighted by atomic mass is 10.0. The third kappa shape index (κ3) is 4.92. The molecule has 1 aliphatic rings. The molecule has 1 aliphatic heterocycles. The van der Waals surface area contributed by atoms with Crippen molar-refractivity contribution in [2.24, 2.45) is 0 Å². The van der Waals surface area contributed by atoms with E-state index in [0.29, 0.717) is 11.6 Å². The van der Waals surface area contributed by atoms with Gasteiger partial charge in [-0.1, -0.05) is 23.7 Å². The second-order valence-electron chi connectivity index (χ2n) is 7.70. The van der Waals surface area contributed by atoms with Crippen LogP contribution in [0.15, 0.2) is 30.3 Å². The molecular weight excluding hydrogens is 388 g/mol. The van der Waals surface area contributed by atoms with Gasteiger partial charge in [0.2, 0.25) is 5.91 Å². The van der Waals surface area contributed by atoms with E-state index in [1.807, 2.05) is 32.0 Å². The zero-order valence-corrected chi connectivity index (χ0v) is 17.5. The van der Waals surface area contributed by atoms with Gasteiger partial charge in [-0.3, -0.25) is 9.69 Å². The van der Waals surface area contributed by atoms with Gasteiger partial charge in [0.1, 0.15) is 0 Å². The van der Waals surface area contributed by atoms with Crippen LogP contribution in [0.4, 0.5) is 0 Å². The summed E-state index contributed by atoms with van der Waals surface area (Å²) in [5, 5.41) is 8.31. The Labute approximate surface area is 175 Å². The van der Waals surface area contributed by atoms with Crippen LogP contribution in [0.1, 0.15) is 35.6 Å². The minimum atomic E-state index is -0.0357. The molecule has 7 nitrogen and oxygen atoms in total. The van der Waals surface area contributed by atoms with Gasteiger partial charge in [-0.2, -0.15) is 4.98 Å². The number of aryl methyl sites for hydroxylation is 2. The average Bonchev–Trinajstić information content (AvgIpc) is 3.07. The van der Waals surface area contributed by atoms with Crippen LogP contribution in [0.3, 0.4) is 0 Å². The van der Waals surface area contributed by atoms with E-state index in [-0.39, 0.29) is 18.4 Å². The summed E-state index contributed by atoms with van der Waals surface area (Å²) < 4.78 is 1.69. The maximum absolute atomic E-state index is 12.5. The molecule has 1 saturated heterocycles. The number of amides is 1. The highest BCUT2D eigenvalue weighted by Gasteiger charge is 2.21. The molecule has 0 radical (unpaired) electrons. The van der Waals surface area contributed by atoms with E-state index >= 15 is 0 Å². The Hall–Kier alpha value is -2.51. The Bertz CT molecular complexity index is 1010. The number of aromatic nitrogens is 4. The Morgan fingerprint density at radius 1 is 1.17 bits per heavy atom. The summed E-state index contributed by atoms with van der Waals surface area (Å²) in [4.78, 5) is 23.6. The van der Waals surface area contributed by atoms with Crippen molar-refractivity contribution >= 4 is 23.3 Å². The van der Waals surface area contributed by atoms with Crippen LogP contribution in [0.2, 0.25) is 5.02 Å². The van der Waals surface area contributed by atoms with E-state index in [2.05, 4.69) is 37.4 Å². The lowest BCUT2D eigenvalue weighted by Gasteiger charge is -2.32.